The van der Waals surface area contributed by atoms with Gasteiger partial charge in [-0.1, -0.05) is 0 Å². The molecule has 2 rings (SSSR count). The second-order valence-electron chi connectivity index (χ2n) is 5.51. The number of thiophene rings is 1. The van der Waals surface area contributed by atoms with E-state index in [9.17, 15) is 4.79 Å². The van der Waals surface area contributed by atoms with Gasteiger partial charge in [-0.05, 0) is 37.9 Å². The third-order valence-corrected chi connectivity index (χ3v) is 4.72. The maximum Gasteiger partial charge on any atom is 0.236 e. The van der Waals surface area contributed by atoms with E-state index < -0.39 is 0 Å². The topological polar surface area (TPSA) is 47.3 Å². The van der Waals surface area contributed by atoms with E-state index in [0.29, 0.717) is 5.92 Å². The third kappa shape index (κ3) is 4.06. The predicted molar refractivity (Wildman–Crippen MR) is 80.3 cm³/mol. The van der Waals surface area contributed by atoms with Gasteiger partial charge >= 0.3 is 0 Å². The summed E-state index contributed by atoms with van der Waals surface area (Å²) >= 11 is 1.86. The van der Waals surface area contributed by atoms with Crippen molar-refractivity contribution >= 4 is 17.2 Å². The molecule has 5 heteroatoms. The van der Waals surface area contributed by atoms with Gasteiger partial charge in [-0.15, -0.1) is 11.3 Å². The summed E-state index contributed by atoms with van der Waals surface area (Å²) in [4.78, 5) is 18.5. The fourth-order valence-corrected chi connectivity index (χ4v) is 3.62. The molecule has 1 unspecified atom stereocenters. The third-order valence-electron chi connectivity index (χ3n) is 3.73. The predicted octanol–water partition coefficient (Wildman–Crippen LogP) is 2.25. The Bertz CT molecular complexity index is 505. The van der Waals surface area contributed by atoms with Crippen molar-refractivity contribution in [1.82, 2.24) is 9.80 Å². The van der Waals surface area contributed by atoms with Gasteiger partial charge in [0.1, 0.15) is 6.42 Å². The van der Waals surface area contributed by atoms with Crippen molar-refractivity contribution in [1.29, 1.82) is 5.26 Å². The average Bonchev–Trinajstić information content (AvgIpc) is 3.00. The van der Waals surface area contributed by atoms with Crippen molar-refractivity contribution in [3.63, 3.8) is 0 Å². The normalized spacial score (nSPS) is 18.9. The van der Waals surface area contributed by atoms with E-state index in [1.165, 1.54) is 9.75 Å². The van der Waals surface area contributed by atoms with Gasteiger partial charge in [-0.3, -0.25) is 9.69 Å². The summed E-state index contributed by atoms with van der Waals surface area (Å²) in [5.41, 5.74) is 0. The number of hydrogen-bond donors (Lipinski definition) is 0. The molecule has 0 aromatic carbocycles. The van der Waals surface area contributed by atoms with Gasteiger partial charge in [-0.25, -0.2) is 0 Å². The molecule has 4 nitrogen and oxygen atoms in total. The highest BCUT2D eigenvalue weighted by atomic mass is 32.1. The number of hydrogen-bond acceptors (Lipinski definition) is 4. The maximum absolute atomic E-state index is 11.6. The summed E-state index contributed by atoms with van der Waals surface area (Å²) in [7, 11) is 1.80. The van der Waals surface area contributed by atoms with E-state index in [2.05, 4.69) is 24.0 Å². The summed E-state index contributed by atoms with van der Waals surface area (Å²) < 4.78 is 0. The molecule has 1 atom stereocenters. The minimum Gasteiger partial charge on any atom is -0.345 e. The molecule has 1 aliphatic rings. The van der Waals surface area contributed by atoms with E-state index in [0.717, 1.165) is 32.6 Å². The van der Waals surface area contributed by atoms with Crippen LogP contribution in [-0.2, 0) is 11.3 Å². The highest BCUT2D eigenvalue weighted by Crippen LogP contribution is 2.23. The van der Waals surface area contributed by atoms with Crippen LogP contribution < -0.4 is 0 Å². The molecule has 1 amide bonds. The van der Waals surface area contributed by atoms with Gasteiger partial charge in [0.2, 0.25) is 5.91 Å². The lowest BCUT2D eigenvalue weighted by Crippen LogP contribution is -2.32. The van der Waals surface area contributed by atoms with Gasteiger partial charge < -0.3 is 4.90 Å². The zero-order valence-corrected chi connectivity index (χ0v) is 12.9. The molecular formula is C15H21N3OS. The van der Waals surface area contributed by atoms with Crippen LogP contribution in [0.1, 0.15) is 22.6 Å². The maximum atomic E-state index is 11.6. The molecular weight excluding hydrogens is 270 g/mol. The molecule has 1 aromatic rings. The smallest absolute Gasteiger partial charge is 0.236 e. The molecule has 108 valence electrons. The van der Waals surface area contributed by atoms with E-state index in [1.54, 1.807) is 11.9 Å². The van der Waals surface area contributed by atoms with Crippen LogP contribution in [-0.4, -0.2) is 42.4 Å². The molecule has 1 saturated heterocycles. The Balaban J connectivity index is 1.78. The number of rotatable bonds is 5. The fraction of sp³-hybridized carbons (Fsp3) is 0.600. The van der Waals surface area contributed by atoms with Crippen LogP contribution in [0.5, 0.6) is 0 Å². The molecule has 0 saturated carbocycles. The molecule has 0 aliphatic carbocycles. The van der Waals surface area contributed by atoms with Crippen LogP contribution in [0.3, 0.4) is 0 Å². The lowest BCUT2D eigenvalue weighted by atomic mass is 10.1. The number of carbonyl (C=O) groups excluding carboxylic acids is 1. The number of nitrogens with zero attached hydrogens (tertiary/aromatic N) is 3. The molecule has 0 N–H and O–H groups in total. The lowest BCUT2D eigenvalue weighted by Gasteiger charge is -2.20. The van der Waals surface area contributed by atoms with Gasteiger partial charge in [0, 0.05) is 36.4 Å². The zero-order chi connectivity index (χ0) is 14.5. The van der Waals surface area contributed by atoms with Gasteiger partial charge in [0.25, 0.3) is 0 Å². The molecule has 0 spiro atoms. The summed E-state index contributed by atoms with van der Waals surface area (Å²) in [5.74, 6) is 0.462. The van der Waals surface area contributed by atoms with E-state index >= 15 is 0 Å². The number of likely N-dealkylation sites (tertiary alicyclic amines) is 1. The van der Waals surface area contributed by atoms with Crippen molar-refractivity contribution in [2.75, 3.05) is 26.7 Å². The minimum atomic E-state index is -0.0696. The molecule has 2 heterocycles. The zero-order valence-electron chi connectivity index (χ0n) is 12.1. The van der Waals surface area contributed by atoms with Gasteiger partial charge in [0.05, 0.1) is 6.07 Å². The molecule has 1 aromatic heterocycles. The fourth-order valence-electron chi connectivity index (χ4n) is 2.69. The molecule has 0 radical (unpaired) electrons. The van der Waals surface area contributed by atoms with Crippen LogP contribution in [0, 0.1) is 24.2 Å². The Morgan fingerprint density at radius 1 is 1.60 bits per heavy atom. The van der Waals surface area contributed by atoms with Gasteiger partial charge in [0.15, 0.2) is 0 Å². The second kappa shape index (κ2) is 6.87. The van der Waals surface area contributed by atoms with Crippen molar-refractivity contribution in [3.8, 4) is 6.07 Å². The van der Waals surface area contributed by atoms with Crippen LogP contribution in [0.15, 0.2) is 12.1 Å². The van der Waals surface area contributed by atoms with Crippen molar-refractivity contribution in [2.24, 2.45) is 5.92 Å². The number of aryl methyl sites for hydroxylation is 1. The van der Waals surface area contributed by atoms with Gasteiger partial charge in [-0.2, -0.15) is 5.26 Å². The number of carbonyl (C=O) groups is 1. The van der Waals surface area contributed by atoms with E-state index in [1.807, 2.05) is 17.4 Å². The van der Waals surface area contributed by atoms with E-state index in [4.69, 9.17) is 5.26 Å². The lowest BCUT2D eigenvalue weighted by molar-refractivity contribution is -0.129. The van der Waals surface area contributed by atoms with Crippen LogP contribution >= 0.6 is 11.3 Å². The first-order valence-electron chi connectivity index (χ1n) is 6.97. The summed E-state index contributed by atoms with van der Waals surface area (Å²) in [6.45, 7) is 6.06. The average molecular weight is 291 g/mol. The van der Waals surface area contributed by atoms with E-state index in [-0.39, 0.29) is 12.3 Å². The van der Waals surface area contributed by atoms with Crippen LogP contribution in [0.4, 0.5) is 0 Å². The Labute approximate surface area is 124 Å². The number of nitriles is 1. The standard InChI is InChI=1S/C15H21N3OS/c1-12-3-4-14(20-12)11-18-8-6-13(10-18)9-17(2)15(19)5-7-16/h3-4,13H,5-6,8-11H2,1-2H3. The minimum absolute atomic E-state index is 0.0125. The largest absolute Gasteiger partial charge is 0.345 e. The monoisotopic (exact) mass is 291 g/mol. The highest BCUT2D eigenvalue weighted by molar-refractivity contribution is 7.11. The van der Waals surface area contributed by atoms with Crippen LogP contribution in [0.25, 0.3) is 0 Å². The summed E-state index contributed by atoms with van der Waals surface area (Å²) in [6.07, 6.45) is 1.12. The Morgan fingerprint density at radius 2 is 2.40 bits per heavy atom. The summed E-state index contributed by atoms with van der Waals surface area (Å²) in [5, 5.41) is 8.55. The summed E-state index contributed by atoms with van der Waals surface area (Å²) in [6, 6.07) is 6.29. The van der Waals surface area contributed by atoms with Crippen LogP contribution in [0.2, 0.25) is 0 Å². The molecule has 0 bridgehead atoms. The molecule has 1 fully saturated rings. The quantitative estimate of drug-likeness (QED) is 0.836. The van der Waals surface area contributed by atoms with Crippen molar-refractivity contribution in [2.45, 2.75) is 26.3 Å². The second-order valence-corrected chi connectivity index (χ2v) is 6.88. The SMILES string of the molecule is Cc1ccc(CN2CCC(CN(C)C(=O)CC#N)C2)s1. The Kier molecular flexibility index (Phi) is 5.16. The first kappa shape index (κ1) is 15.0. The first-order valence-corrected chi connectivity index (χ1v) is 7.78. The first-order chi connectivity index (χ1) is 9.58. The molecule has 20 heavy (non-hydrogen) atoms. The van der Waals surface area contributed by atoms with Crippen molar-refractivity contribution in [3.05, 3.63) is 21.9 Å². The number of amides is 1. The Morgan fingerprint density at radius 3 is 3.05 bits per heavy atom. The Hall–Kier alpha value is -1.38. The highest BCUT2D eigenvalue weighted by Gasteiger charge is 2.25. The van der Waals surface area contributed by atoms with Crippen molar-refractivity contribution < 1.29 is 4.79 Å². The molecule has 1 aliphatic heterocycles.